The van der Waals surface area contributed by atoms with Gasteiger partial charge in [-0.1, -0.05) is 18.2 Å². The van der Waals surface area contributed by atoms with Crippen molar-refractivity contribution in [2.75, 3.05) is 31.8 Å². The first-order valence-electron chi connectivity index (χ1n) is 9.40. The predicted molar refractivity (Wildman–Crippen MR) is 105 cm³/mol. The highest BCUT2D eigenvalue weighted by Crippen LogP contribution is 2.37. The fraction of sp³-hybridized carbons (Fsp3) is 0.409. The molecular weight excluding hydrogens is 342 g/mol. The SMILES string of the molecule is COc1ccc(N(C(=O)COCCOc2ccccc2)C(C)C2CC2)cc1. The molecule has 3 rings (SSSR count). The number of anilines is 1. The van der Waals surface area contributed by atoms with Crippen molar-refractivity contribution in [2.24, 2.45) is 5.92 Å². The molecule has 0 heterocycles. The Kier molecular flexibility index (Phi) is 6.71. The quantitative estimate of drug-likeness (QED) is 0.596. The molecule has 0 radical (unpaired) electrons. The van der Waals surface area contributed by atoms with Crippen LogP contribution in [0.25, 0.3) is 0 Å². The highest BCUT2D eigenvalue weighted by molar-refractivity contribution is 5.95. The minimum absolute atomic E-state index is 0.0284. The zero-order valence-corrected chi connectivity index (χ0v) is 16.0. The normalized spacial score (nSPS) is 14.4. The van der Waals surface area contributed by atoms with Crippen LogP contribution in [0.1, 0.15) is 19.8 Å². The Morgan fingerprint density at radius 2 is 1.74 bits per heavy atom. The van der Waals surface area contributed by atoms with Crippen molar-refractivity contribution < 1.29 is 19.0 Å². The minimum atomic E-state index is -0.0284. The Balaban J connectivity index is 1.52. The molecule has 2 aromatic carbocycles. The molecule has 1 amide bonds. The second-order valence-electron chi connectivity index (χ2n) is 6.75. The Bertz CT molecular complexity index is 713. The lowest BCUT2D eigenvalue weighted by molar-refractivity contribution is -0.123. The number of hydrogen-bond acceptors (Lipinski definition) is 4. The average molecular weight is 369 g/mol. The summed E-state index contributed by atoms with van der Waals surface area (Å²) in [5.74, 6) is 2.12. The number of carbonyl (C=O) groups excluding carboxylic acids is 1. The van der Waals surface area contributed by atoms with Crippen molar-refractivity contribution in [3.8, 4) is 11.5 Å². The largest absolute Gasteiger partial charge is 0.497 e. The van der Waals surface area contributed by atoms with Gasteiger partial charge in [0, 0.05) is 11.7 Å². The van der Waals surface area contributed by atoms with E-state index in [0.29, 0.717) is 19.1 Å². The van der Waals surface area contributed by atoms with Crippen LogP contribution in [0.5, 0.6) is 11.5 Å². The molecule has 2 aromatic rings. The second kappa shape index (κ2) is 9.42. The molecule has 0 spiro atoms. The number of methoxy groups -OCH3 is 1. The lowest BCUT2D eigenvalue weighted by atomic mass is 10.1. The van der Waals surface area contributed by atoms with Gasteiger partial charge in [0.1, 0.15) is 24.7 Å². The molecule has 5 nitrogen and oxygen atoms in total. The number of benzene rings is 2. The molecule has 5 heteroatoms. The molecule has 1 unspecified atom stereocenters. The van der Waals surface area contributed by atoms with E-state index in [4.69, 9.17) is 14.2 Å². The molecule has 0 N–H and O–H groups in total. The third-order valence-corrected chi connectivity index (χ3v) is 4.80. The maximum atomic E-state index is 12.8. The van der Waals surface area contributed by atoms with E-state index >= 15 is 0 Å². The van der Waals surface area contributed by atoms with Crippen LogP contribution in [0.2, 0.25) is 0 Å². The molecule has 1 aliphatic rings. The first-order valence-corrected chi connectivity index (χ1v) is 9.40. The summed E-state index contributed by atoms with van der Waals surface area (Å²) in [7, 11) is 1.64. The summed E-state index contributed by atoms with van der Waals surface area (Å²) in [6, 6.07) is 17.3. The molecule has 1 aliphatic carbocycles. The van der Waals surface area contributed by atoms with Gasteiger partial charge in [-0.05, 0) is 62.1 Å². The van der Waals surface area contributed by atoms with Gasteiger partial charge < -0.3 is 19.1 Å². The molecule has 0 aromatic heterocycles. The van der Waals surface area contributed by atoms with Gasteiger partial charge in [-0.3, -0.25) is 4.79 Å². The van der Waals surface area contributed by atoms with Gasteiger partial charge in [-0.2, -0.15) is 0 Å². The summed E-state index contributed by atoms with van der Waals surface area (Å²) >= 11 is 0. The first-order chi connectivity index (χ1) is 13.2. The summed E-state index contributed by atoms with van der Waals surface area (Å²) < 4.78 is 16.4. The van der Waals surface area contributed by atoms with Gasteiger partial charge in [0.25, 0.3) is 5.91 Å². The number of amides is 1. The smallest absolute Gasteiger partial charge is 0.253 e. The van der Waals surface area contributed by atoms with Gasteiger partial charge in [-0.25, -0.2) is 0 Å². The fourth-order valence-corrected chi connectivity index (χ4v) is 3.10. The highest BCUT2D eigenvalue weighted by atomic mass is 16.5. The molecular formula is C22H27NO4. The Morgan fingerprint density at radius 3 is 2.37 bits per heavy atom. The molecule has 1 atom stereocenters. The molecule has 0 saturated heterocycles. The lowest BCUT2D eigenvalue weighted by Crippen LogP contribution is -2.42. The van der Waals surface area contributed by atoms with Gasteiger partial charge in [0.2, 0.25) is 0 Å². The van der Waals surface area contributed by atoms with Crippen LogP contribution < -0.4 is 14.4 Å². The van der Waals surface area contributed by atoms with Crippen LogP contribution in [-0.4, -0.2) is 38.9 Å². The highest BCUT2D eigenvalue weighted by Gasteiger charge is 2.35. The summed E-state index contributed by atoms with van der Waals surface area (Å²) in [6.45, 7) is 2.94. The topological polar surface area (TPSA) is 48.0 Å². The average Bonchev–Trinajstić information content (AvgIpc) is 3.54. The van der Waals surface area contributed by atoms with E-state index in [-0.39, 0.29) is 18.6 Å². The maximum Gasteiger partial charge on any atom is 0.253 e. The predicted octanol–water partition coefficient (Wildman–Crippen LogP) is 3.92. The Hall–Kier alpha value is -2.53. The van der Waals surface area contributed by atoms with Crippen LogP contribution in [-0.2, 0) is 9.53 Å². The van der Waals surface area contributed by atoms with Crippen LogP contribution in [0.3, 0.4) is 0 Å². The number of hydrogen-bond donors (Lipinski definition) is 0. The summed E-state index contributed by atoms with van der Waals surface area (Å²) in [6.07, 6.45) is 2.35. The number of nitrogens with zero attached hydrogens (tertiary/aromatic N) is 1. The van der Waals surface area contributed by atoms with Crippen LogP contribution in [0.4, 0.5) is 5.69 Å². The van der Waals surface area contributed by atoms with Crippen LogP contribution in [0, 0.1) is 5.92 Å². The zero-order valence-electron chi connectivity index (χ0n) is 16.0. The lowest BCUT2D eigenvalue weighted by Gasteiger charge is -2.29. The van der Waals surface area contributed by atoms with E-state index in [9.17, 15) is 4.79 Å². The van der Waals surface area contributed by atoms with Crippen molar-refractivity contribution in [3.63, 3.8) is 0 Å². The third-order valence-electron chi connectivity index (χ3n) is 4.80. The minimum Gasteiger partial charge on any atom is -0.497 e. The van der Waals surface area contributed by atoms with Crippen molar-refractivity contribution in [2.45, 2.75) is 25.8 Å². The van der Waals surface area contributed by atoms with Crippen molar-refractivity contribution in [1.82, 2.24) is 0 Å². The fourth-order valence-electron chi connectivity index (χ4n) is 3.10. The van der Waals surface area contributed by atoms with Crippen LogP contribution >= 0.6 is 0 Å². The monoisotopic (exact) mass is 369 g/mol. The molecule has 1 fully saturated rings. The second-order valence-corrected chi connectivity index (χ2v) is 6.75. The Morgan fingerprint density at radius 1 is 1.04 bits per heavy atom. The number of para-hydroxylation sites is 1. The standard InChI is InChI=1S/C22H27NO4/c1-17(18-8-9-18)23(19-10-12-20(25-2)13-11-19)22(24)16-26-14-15-27-21-6-4-3-5-7-21/h3-7,10-13,17-18H,8-9,14-16H2,1-2H3. The molecule has 144 valence electrons. The van der Waals surface area contributed by atoms with Gasteiger partial charge in [-0.15, -0.1) is 0 Å². The number of ether oxygens (including phenoxy) is 3. The van der Waals surface area contributed by atoms with E-state index < -0.39 is 0 Å². The molecule has 1 saturated carbocycles. The maximum absolute atomic E-state index is 12.8. The Labute approximate surface area is 160 Å². The molecule has 0 aliphatic heterocycles. The van der Waals surface area contributed by atoms with Crippen molar-refractivity contribution in [3.05, 3.63) is 54.6 Å². The van der Waals surface area contributed by atoms with Crippen molar-refractivity contribution in [1.29, 1.82) is 0 Å². The van der Waals surface area contributed by atoms with E-state index in [2.05, 4.69) is 6.92 Å². The number of rotatable bonds is 10. The summed E-state index contributed by atoms with van der Waals surface area (Å²) in [5, 5.41) is 0. The zero-order chi connectivity index (χ0) is 19.1. The first kappa shape index (κ1) is 19.2. The van der Waals surface area contributed by atoms with Gasteiger partial charge in [0.15, 0.2) is 0 Å². The van der Waals surface area contributed by atoms with Crippen LogP contribution in [0.15, 0.2) is 54.6 Å². The third kappa shape index (κ3) is 5.47. The summed E-state index contributed by atoms with van der Waals surface area (Å²) in [4.78, 5) is 14.7. The van der Waals surface area contributed by atoms with Crippen molar-refractivity contribution >= 4 is 11.6 Å². The van der Waals surface area contributed by atoms with E-state index in [1.165, 1.54) is 12.8 Å². The molecule has 27 heavy (non-hydrogen) atoms. The summed E-state index contributed by atoms with van der Waals surface area (Å²) in [5.41, 5.74) is 0.879. The number of carbonyl (C=O) groups is 1. The van der Waals surface area contributed by atoms with E-state index in [1.54, 1.807) is 7.11 Å². The molecule has 0 bridgehead atoms. The van der Waals surface area contributed by atoms with E-state index in [1.807, 2.05) is 59.5 Å². The van der Waals surface area contributed by atoms with Gasteiger partial charge >= 0.3 is 0 Å². The van der Waals surface area contributed by atoms with E-state index in [0.717, 1.165) is 17.2 Å². The van der Waals surface area contributed by atoms with Gasteiger partial charge in [0.05, 0.1) is 13.7 Å².